The molecule has 2 N–H and O–H groups in total. The van der Waals surface area contributed by atoms with Crippen LogP contribution < -0.4 is 10.5 Å². The van der Waals surface area contributed by atoms with Gasteiger partial charge in [0, 0.05) is 43.5 Å². The second-order valence-corrected chi connectivity index (χ2v) is 8.51. The van der Waals surface area contributed by atoms with E-state index in [0.717, 1.165) is 12.2 Å². The molecule has 10 heteroatoms. The van der Waals surface area contributed by atoms with E-state index in [1.165, 1.54) is 25.1 Å². The van der Waals surface area contributed by atoms with Crippen LogP contribution in [0.2, 0.25) is 0 Å². The zero-order valence-electron chi connectivity index (χ0n) is 16.2. The topological polar surface area (TPSA) is 69.2 Å². The second-order valence-electron chi connectivity index (χ2n) is 8.51. The average molecular weight is 425 g/mol. The summed E-state index contributed by atoms with van der Waals surface area (Å²) in [6, 6.07) is 1.69. The average Bonchev–Trinajstić information content (AvgIpc) is 3.51. The Bertz CT molecular complexity index is 920. The molecular weight excluding hydrogens is 402 g/mol. The van der Waals surface area contributed by atoms with E-state index in [-0.39, 0.29) is 24.2 Å². The van der Waals surface area contributed by atoms with Crippen LogP contribution in [0.1, 0.15) is 24.7 Å². The lowest BCUT2D eigenvalue weighted by Gasteiger charge is -2.19. The van der Waals surface area contributed by atoms with Crippen molar-refractivity contribution in [1.82, 2.24) is 19.4 Å². The summed E-state index contributed by atoms with van der Waals surface area (Å²) in [5.74, 6) is 2.01. The van der Waals surface area contributed by atoms with E-state index in [4.69, 9.17) is 10.7 Å². The number of hydrogen-bond donors (Lipinski definition) is 1. The molecule has 0 amide bonds. The molecule has 1 saturated heterocycles. The molecule has 162 valence electrons. The minimum absolute atomic E-state index is 0.104. The summed E-state index contributed by atoms with van der Waals surface area (Å²) in [4.78, 5) is 10.6. The van der Waals surface area contributed by atoms with E-state index < -0.39 is 13.0 Å². The Morgan fingerprint density at radius 1 is 1.17 bits per heavy atom. The number of aromatic nitrogens is 3. The van der Waals surface area contributed by atoms with Crippen LogP contribution in [0, 0.1) is 17.8 Å². The summed E-state index contributed by atoms with van der Waals surface area (Å²) >= 11 is 0. The molecular formula is C20H23F4N5O. The Hall–Kier alpha value is -2.36. The third-order valence-electron chi connectivity index (χ3n) is 6.31. The zero-order valence-corrected chi connectivity index (χ0v) is 16.2. The van der Waals surface area contributed by atoms with Gasteiger partial charge in [0.25, 0.3) is 6.43 Å². The van der Waals surface area contributed by atoms with Crippen LogP contribution in [0.4, 0.5) is 23.4 Å². The molecule has 0 bridgehead atoms. The minimum atomic E-state index is -2.99. The highest BCUT2D eigenvalue weighted by molar-refractivity contribution is 5.63. The number of pyridine rings is 1. The van der Waals surface area contributed by atoms with Gasteiger partial charge in [-0.1, -0.05) is 0 Å². The molecule has 3 heterocycles. The van der Waals surface area contributed by atoms with Gasteiger partial charge in [0.2, 0.25) is 0 Å². The van der Waals surface area contributed by atoms with Gasteiger partial charge in [0.1, 0.15) is 5.82 Å². The summed E-state index contributed by atoms with van der Waals surface area (Å²) in [5, 5.41) is 0. The predicted molar refractivity (Wildman–Crippen MR) is 101 cm³/mol. The number of nitrogen functional groups attached to an aromatic ring is 1. The van der Waals surface area contributed by atoms with Gasteiger partial charge in [-0.05, 0) is 36.7 Å². The third-order valence-corrected chi connectivity index (χ3v) is 6.31. The molecule has 3 fully saturated rings. The molecule has 3 atom stereocenters. The lowest BCUT2D eigenvalue weighted by atomic mass is 10.2. The van der Waals surface area contributed by atoms with Crippen molar-refractivity contribution in [2.45, 2.75) is 38.3 Å². The number of hydrogen-bond acceptors (Lipinski definition) is 5. The van der Waals surface area contributed by atoms with Gasteiger partial charge in [-0.15, -0.1) is 0 Å². The standard InChI is InChI=1S/C20H23F4N5O/c21-16(22)9-28-6-12-13(7-28)18(12)29-8-14(27-17(29)3-10-1-2-10)11-4-15(30-20(23)24)19(25)26-5-11/h4-5,8,10,12-13,16,18,20H,1-3,6-7,9H2,(H2,25,26)/t12-,13+,18+. The van der Waals surface area contributed by atoms with Crippen molar-refractivity contribution in [2.75, 3.05) is 25.4 Å². The molecule has 6 nitrogen and oxygen atoms in total. The van der Waals surface area contributed by atoms with Crippen LogP contribution in [0.5, 0.6) is 5.75 Å². The number of rotatable bonds is 8. The van der Waals surface area contributed by atoms with Crippen molar-refractivity contribution in [2.24, 2.45) is 17.8 Å². The quantitative estimate of drug-likeness (QED) is 0.656. The van der Waals surface area contributed by atoms with E-state index >= 15 is 0 Å². The maximum atomic E-state index is 12.7. The summed E-state index contributed by atoms with van der Waals surface area (Å²) in [6.45, 7) is -1.82. The lowest BCUT2D eigenvalue weighted by Crippen LogP contribution is -2.30. The number of imidazole rings is 1. The van der Waals surface area contributed by atoms with Crippen LogP contribution in [0.15, 0.2) is 18.5 Å². The van der Waals surface area contributed by atoms with Crippen LogP contribution in [0.3, 0.4) is 0 Å². The van der Waals surface area contributed by atoms with Crippen molar-refractivity contribution in [3.63, 3.8) is 0 Å². The Morgan fingerprint density at radius 3 is 2.53 bits per heavy atom. The molecule has 2 aliphatic carbocycles. The van der Waals surface area contributed by atoms with Gasteiger partial charge in [0.05, 0.1) is 12.2 Å². The van der Waals surface area contributed by atoms with E-state index in [1.807, 2.05) is 11.1 Å². The fourth-order valence-electron chi connectivity index (χ4n) is 4.69. The Balaban J connectivity index is 1.39. The maximum Gasteiger partial charge on any atom is 0.387 e. The van der Waals surface area contributed by atoms with E-state index in [2.05, 4.69) is 14.3 Å². The fraction of sp³-hybridized carbons (Fsp3) is 0.600. The first-order chi connectivity index (χ1) is 14.4. The fourth-order valence-corrected chi connectivity index (χ4v) is 4.69. The van der Waals surface area contributed by atoms with Crippen LogP contribution in [0.25, 0.3) is 11.3 Å². The van der Waals surface area contributed by atoms with E-state index in [9.17, 15) is 17.6 Å². The van der Waals surface area contributed by atoms with Crippen LogP contribution in [-0.4, -0.2) is 52.1 Å². The SMILES string of the molecule is Nc1ncc(-c2cn([C@H]3[C@@H]4CN(CC(F)F)C[C@@H]43)c(CC3CC3)n2)cc1OC(F)F. The summed E-state index contributed by atoms with van der Waals surface area (Å²) in [5.41, 5.74) is 6.83. The number of piperidine rings is 1. The Morgan fingerprint density at radius 2 is 1.90 bits per heavy atom. The number of likely N-dealkylation sites (tertiary alicyclic amines) is 1. The molecule has 2 saturated carbocycles. The number of fused-ring (bicyclic) bond motifs is 1. The third kappa shape index (κ3) is 3.84. The van der Waals surface area contributed by atoms with Crippen molar-refractivity contribution < 1.29 is 22.3 Å². The normalized spacial score (nSPS) is 25.9. The summed E-state index contributed by atoms with van der Waals surface area (Å²) in [7, 11) is 0. The van der Waals surface area contributed by atoms with Crippen molar-refractivity contribution in [3.05, 3.63) is 24.3 Å². The Labute approximate surface area is 171 Å². The Kier molecular flexibility index (Phi) is 4.83. The number of anilines is 1. The van der Waals surface area contributed by atoms with Gasteiger partial charge in [-0.3, -0.25) is 4.90 Å². The van der Waals surface area contributed by atoms with Gasteiger partial charge in [0.15, 0.2) is 11.6 Å². The first kappa shape index (κ1) is 19.6. The number of ether oxygens (including phenoxy) is 1. The van der Waals surface area contributed by atoms with E-state index in [1.54, 1.807) is 0 Å². The molecule has 0 spiro atoms. The lowest BCUT2D eigenvalue weighted by molar-refractivity contribution is -0.0494. The highest BCUT2D eigenvalue weighted by Crippen LogP contribution is 2.56. The van der Waals surface area contributed by atoms with Crippen molar-refractivity contribution in [1.29, 1.82) is 0 Å². The molecule has 0 aromatic carbocycles. The number of alkyl halides is 4. The molecule has 30 heavy (non-hydrogen) atoms. The molecule has 2 aromatic rings. The number of halogens is 4. The van der Waals surface area contributed by atoms with Crippen LogP contribution in [-0.2, 0) is 6.42 Å². The van der Waals surface area contributed by atoms with Gasteiger partial charge in [-0.25, -0.2) is 18.7 Å². The smallest absolute Gasteiger partial charge is 0.387 e. The summed E-state index contributed by atoms with van der Waals surface area (Å²) < 4.78 is 57.2. The molecule has 1 aliphatic heterocycles. The minimum Gasteiger partial charge on any atom is -0.431 e. The number of nitrogens with zero attached hydrogens (tertiary/aromatic N) is 4. The second kappa shape index (κ2) is 7.40. The zero-order chi connectivity index (χ0) is 21.0. The molecule has 0 radical (unpaired) electrons. The summed E-state index contributed by atoms with van der Waals surface area (Å²) in [6.07, 6.45) is 4.33. The first-order valence-corrected chi connectivity index (χ1v) is 10.2. The highest BCUT2D eigenvalue weighted by atomic mass is 19.3. The number of nitrogens with two attached hydrogens (primary N) is 1. The van der Waals surface area contributed by atoms with E-state index in [0.29, 0.717) is 42.1 Å². The molecule has 2 aromatic heterocycles. The predicted octanol–water partition coefficient (Wildman–Crippen LogP) is 3.45. The van der Waals surface area contributed by atoms with Gasteiger partial charge < -0.3 is 15.0 Å². The molecule has 0 unspecified atom stereocenters. The monoisotopic (exact) mass is 425 g/mol. The molecule has 3 aliphatic rings. The highest BCUT2D eigenvalue weighted by Gasteiger charge is 2.57. The van der Waals surface area contributed by atoms with Crippen LogP contribution >= 0.6 is 0 Å². The van der Waals surface area contributed by atoms with Crippen molar-refractivity contribution >= 4 is 5.82 Å². The van der Waals surface area contributed by atoms with Gasteiger partial charge in [-0.2, -0.15) is 8.78 Å². The van der Waals surface area contributed by atoms with Gasteiger partial charge >= 0.3 is 6.61 Å². The van der Waals surface area contributed by atoms with Crippen molar-refractivity contribution in [3.8, 4) is 17.0 Å². The maximum absolute atomic E-state index is 12.7. The first-order valence-electron chi connectivity index (χ1n) is 10.2. The molecule has 5 rings (SSSR count). The largest absolute Gasteiger partial charge is 0.431 e.